The van der Waals surface area contributed by atoms with Gasteiger partial charge in [-0.15, -0.1) is 0 Å². The van der Waals surface area contributed by atoms with Gasteiger partial charge in [-0.1, -0.05) is 39.8 Å². The SMILES string of the molecule is CC(C)CC1C2C=CC(O2)C1C(=O)C(C)C. The predicted octanol–water partition coefficient (Wildman–Crippen LogP) is 2.83. The summed E-state index contributed by atoms with van der Waals surface area (Å²) in [7, 11) is 0. The third kappa shape index (κ3) is 1.95. The lowest BCUT2D eigenvalue weighted by Crippen LogP contribution is -2.34. The van der Waals surface area contributed by atoms with Crippen molar-refractivity contribution in [2.75, 3.05) is 0 Å². The lowest BCUT2D eigenvalue weighted by atomic mass is 9.74. The topological polar surface area (TPSA) is 26.3 Å². The van der Waals surface area contributed by atoms with Crippen LogP contribution < -0.4 is 0 Å². The van der Waals surface area contributed by atoms with Crippen molar-refractivity contribution in [2.24, 2.45) is 23.7 Å². The molecule has 4 atom stereocenters. The highest BCUT2D eigenvalue weighted by atomic mass is 16.5. The van der Waals surface area contributed by atoms with E-state index in [0.29, 0.717) is 17.6 Å². The number of Topliss-reactive ketones (excluding diaryl/α,β-unsaturated/α-hetero) is 1. The van der Waals surface area contributed by atoms with Crippen LogP contribution >= 0.6 is 0 Å². The first-order valence-corrected chi connectivity index (χ1v) is 6.38. The van der Waals surface area contributed by atoms with Gasteiger partial charge in [0.1, 0.15) is 5.78 Å². The molecule has 2 aliphatic heterocycles. The molecule has 0 aromatic carbocycles. The Balaban J connectivity index is 2.15. The Kier molecular flexibility index (Phi) is 3.20. The van der Waals surface area contributed by atoms with Gasteiger partial charge < -0.3 is 4.74 Å². The van der Waals surface area contributed by atoms with Crippen LogP contribution in [0, 0.1) is 23.7 Å². The summed E-state index contributed by atoms with van der Waals surface area (Å²) in [5, 5.41) is 0. The van der Waals surface area contributed by atoms with Crippen molar-refractivity contribution in [1.82, 2.24) is 0 Å². The molecule has 2 bridgehead atoms. The van der Waals surface area contributed by atoms with E-state index >= 15 is 0 Å². The van der Waals surface area contributed by atoms with E-state index in [2.05, 4.69) is 26.0 Å². The maximum Gasteiger partial charge on any atom is 0.141 e. The Labute approximate surface area is 98.1 Å². The first-order valence-electron chi connectivity index (χ1n) is 6.38. The maximum atomic E-state index is 12.2. The van der Waals surface area contributed by atoms with E-state index < -0.39 is 0 Å². The second kappa shape index (κ2) is 4.33. The third-order valence-electron chi connectivity index (χ3n) is 3.68. The van der Waals surface area contributed by atoms with Crippen molar-refractivity contribution in [3.8, 4) is 0 Å². The van der Waals surface area contributed by atoms with E-state index in [4.69, 9.17) is 4.74 Å². The lowest BCUT2D eigenvalue weighted by Gasteiger charge is -2.26. The van der Waals surface area contributed by atoms with Crippen LogP contribution in [0.25, 0.3) is 0 Å². The highest BCUT2D eigenvalue weighted by molar-refractivity contribution is 5.84. The van der Waals surface area contributed by atoms with Crippen molar-refractivity contribution in [3.63, 3.8) is 0 Å². The molecule has 1 fully saturated rings. The molecule has 2 nitrogen and oxygen atoms in total. The molecule has 0 radical (unpaired) electrons. The molecule has 2 rings (SSSR count). The van der Waals surface area contributed by atoms with Crippen molar-refractivity contribution in [3.05, 3.63) is 12.2 Å². The van der Waals surface area contributed by atoms with E-state index in [9.17, 15) is 4.79 Å². The Morgan fingerprint density at radius 3 is 2.38 bits per heavy atom. The average Bonchev–Trinajstić information content (AvgIpc) is 2.75. The summed E-state index contributed by atoms with van der Waals surface area (Å²) < 4.78 is 5.84. The van der Waals surface area contributed by atoms with E-state index in [-0.39, 0.29) is 24.0 Å². The Hall–Kier alpha value is -0.630. The van der Waals surface area contributed by atoms with Gasteiger partial charge in [0.05, 0.1) is 18.1 Å². The summed E-state index contributed by atoms with van der Waals surface area (Å²) in [6, 6.07) is 0. The minimum Gasteiger partial charge on any atom is -0.366 e. The molecule has 0 aliphatic carbocycles. The molecular weight excluding hydrogens is 200 g/mol. The van der Waals surface area contributed by atoms with Crippen LogP contribution in [0.5, 0.6) is 0 Å². The molecule has 4 unspecified atom stereocenters. The number of carbonyl (C=O) groups excluding carboxylic acids is 1. The van der Waals surface area contributed by atoms with E-state index in [0.717, 1.165) is 6.42 Å². The van der Waals surface area contributed by atoms with Gasteiger partial charge in [-0.25, -0.2) is 0 Å². The molecule has 16 heavy (non-hydrogen) atoms. The summed E-state index contributed by atoms with van der Waals surface area (Å²) in [6.45, 7) is 8.41. The predicted molar refractivity (Wildman–Crippen MR) is 64.1 cm³/mol. The Morgan fingerprint density at radius 2 is 1.81 bits per heavy atom. The first-order chi connectivity index (χ1) is 7.50. The monoisotopic (exact) mass is 222 g/mol. The van der Waals surface area contributed by atoms with Gasteiger partial charge in [0.25, 0.3) is 0 Å². The standard InChI is InChI=1S/C14H22O2/c1-8(2)7-10-11-5-6-12(16-11)13(10)14(15)9(3)4/h5-6,8-13H,7H2,1-4H3. The first kappa shape index (κ1) is 11.8. The average molecular weight is 222 g/mol. The van der Waals surface area contributed by atoms with Gasteiger partial charge in [0.2, 0.25) is 0 Å². The smallest absolute Gasteiger partial charge is 0.141 e. The summed E-state index contributed by atoms with van der Waals surface area (Å²) >= 11 is 0. The largest absolute Gasteiger partial charge is 0.366 e. The zero-order chi connectivity index (χ0) is 11.9. The highest BCUT2D eigenvalue weighted by Crippen LogP contribution is 2.43. The van der Waals surface area contributed by atoms with Crippen LogP contribution in [0.1, 0.15) is 34.1 Å². The minimum absolute atomic E-state index is 0.0589. The number of ether oxygens (including phenoxy) is 1. The van der Waals surface area contributed by atoms with E-state index in [1.165, 1.54) is 0 Å². The minimum atomic E-state index is 0.0589. The van der Waals surface area contributed by atoms with Crippen molar-refractivity contribution in [2.45, 2.75) is 46.3 Å². The van der Waals surface area contributed by atoms with Crippen molar-refractivity contribution >= 4 is 5.78 Å². The molecule has 1 saturated heterocycles. The lowest BCUT2D eigenvalue weighted by molar-refractivity contribution is -0.127. The fraction of sp³-hybridized carbons (Fsp3) is 0.786. The number of carbonyl (C=O) groups is 1. The fourth-order valence-electron chi connectivity index (χ4n) is 2.97. The molecule has 2 aliphatic rings. The summed E-state index contributed by atoms with van der Waals surface area (Å²) in [5.41, 5.74) is 0. The molecule has 0 amide bonds. The van der Waals surface area contributed by atoms with Crippen LogP contribution in [-0.4, -0.2) is 18.0 Å². The summed E-state index contributed by atoms with van der Waals surface area (Å²) in [4.78, 5) is 12.2. The van der Waals surface area contributed by atoms with Crippen LogP contribution in [0.4, 0.5) is 0 Å². The molecule has 90 valence electrons. The maximum absolute atomic E-state index is 12.2. The van der Waals surface area contributed by atoms with Gasteiger partial charge in [-0.2, -0.15) is 0 Å². The molecule has 0 spiro atoms. The molecule has 0 saturated carbocycles. The number of ketones is 1. The normalized spacial score (nSPS) is 36.6. The van der Waals surface area contributed by atoms with E-state index in [1.54, 1.807) is 0 Å². The Morgan fingerprint density at radius 1 is 1.19 bits per heavy atom. The molecule has 2 heterocycles. The van der Waals surface area contributed by atoms with Gasteiger partial charge >= 0.3 is 0 Å². The quantitative estimate of drug-likeness (QED) is 0.684. The van der Waals surface area contributed by atoms with Crippen LogP contribution in [0.2, 0.25) is 0 Å². The van der Waals surface area contributed by atoms with Gasteiger partial charge in [0.15, 0.2) is 0 Å². The zero-order valence-corrected chi connectivity index (χ0v) is 10.6. The Bertz CT molecular complexity index is 304. The van der Waals surface area contributed by atoms with Gasteiger partial charge in [-0.3, -0.25) is 4.79 Å². The molecule has 2 heteroatoms. The summed E-state index contributed by atoms with van der Waals surface area (Å²) in [5.74, 6) is 1.64. The number of fused-ring (bicyclic) bond motifs is 2. The zero-order valence-electron chi connectivity index (χ0n) is 10.6. The fourth-order valence-corrected chi connectivity index (χ4v) is 2.97. The van der Waals surface area contributed by atoms with E-state index in [1.807, 2.05) is 13.8 Å². The number of rotatable bonds is 4. The van der Waals surface area contributed by atoms with Crippen LogP contribution in [0.3, 0.4) is 0 Å². The summed E-state index contributed by atoms with van der Waals surface area (Å²) in [6.07, 6.45) is 5.56. The van der Waals surface area contributed by atoms with Crippen LogP contribution in [-0.2, 0) is 9.53 Å². The van der Waals surface area contributed by atoms with Gasteiger partial charge in [0, 0.05) is 11.8 Å². The second-order valence-electron chi connectivity index (χ2n) is 5.83. The van der Waals surface area contributed by atoms with Crippen LogP contribution in [0.15, 0.2) is 12.2 Å². The third-order valence-corrected chi connectivity index (χ3v) is 3.68. The second-order valence-corrected chi connectivity index (χ2v) is 5.83. The van der Waals surface area contributed by atoms with Crippen molar-refractivity contribution in [1.29, 1.82) is 0 Å². The van der Waals surface area contributed by atoms with Gasteiger partial charge in [-0.05, 0) is 12.3 Å². The number of hydrogen-bond donors (Lipinski definition) is 0. The molecule has 0 aromatic heterocycles. The molecule has 0 N–H and O–H groups in total. The number of hydrogen-bond acceptors (Lipinski definition) is 2. The molecule has 0 aromatic rings. The molecular formula is C14H22O2. The highest BCUT2D eigenvalue weighted by Gasteiger charge is 2.49. The van der Waals surface area contributed by atoms with Crippen molar-refractivity contribution < 1.29 is 9.53 Å².